The van der Waals surface area contributed by atoms with E-state index >= 15 is 0 Å². The molecular weight excluding hydrogens is 327 g/mol. The molecule has 0 N–H and O–H groups in total. The lowest BCUT2D eigenvalue weighted by Gasteiger charge is -2.36. The number of amides is 1. The van der Waals surface area contributed by atoms with Crippen LogP contribution in [-0.2, 0) is 14.8 Å². The van der Waals surface area contributed by atoms with Gasteiger partial charge in [-0.25, -0.2) is 12.8 Å². The van der Waals surface area contributed by atoms with Gasteiger partial charge in [0.1, 0.15) is 4.21 Å². The summed E-state index contributed by atoms with van der Waals surface area (Å²) in [7, 11) is -3.55. The molecular formula is C14H19FN2O3S2. The SMILES string of the molecule is O=C(N1CCCC1)C1(F)CCN(S(=O)(=O)c2cccs2)CC1. The third-order valence-electron chi connectivity index (χ3n) is 4.38. The number of nitrogens with zero attached hydrogens (tertiary/aromatic N) is 2. The summed E-state index contributed by atoms with van der Waals surface area (Å²) in [5.41, 5.74) is -1.91. The molecule has 0 unspecified atom stereocenters. The number of carbonyl (C=O) groups is 1. The Morgan fingerprint density at radius 1 is 1.18 bits per heavy atom. The quantitative estimate of drug-likeness (QED) is 0.839. The zero-order valence-corrected chi connectivity index (χ0v) is 13.8. The van der Waals surface area contributed by atoms with Crippen molar-refractivity contribution in [2.45, 2.75) is 35.6 Å². The van der Waals surface area contributed by atoms with E-state index in [0.29, 0.717) is 13.1 Å². The van der Waals surface area contributed by atoms with Gasteiger partial charge < -0.3 is 4.90 Å². The highest BCUT2D eigenvalue weighted by atomic mass is 32.2. The first-order chi connectivity index (χ1) is 10.4. The predicted molar refractivity (Wildman–Crippen MR) is 82.0 cm³/mol. The van der Waals surface area contributed by atoms with Crippen LogP contribution in [0, 0.1) is 0 Å². The molecule has 0 spiro atoms. The van der Waals surface area contributed by atoms with E-state index in [4.69, 9.17) is 0 Å². The average molecular weight is 346 g/mol. The summed E-state index contributed by atoms with van der Waals surface area (Å²) in [5.74, 6) is -0.460. The normalized spacial score (nSPS) is 22.9. The Balaban J connectivity index is 1.68. The van der Waals surface area contributed by atoms with Crippen molar-refractivity contribution in [3.63, 3.8) is 0 Å². The number of piperidine rings is 1. The molecule has 0 bridgehead atoms. The van der Waals surface area contributed by atoms with Crippen molar-refractivity contribution in [1.82, 2.24) is 9.21 Å². The van der Waals surface area contributed by atoms with Crippen molar-refractivity contribution in [3.8, 4) is 0 Å². The summed E-state index contributed by atoms with van der Waals surface area (Å²) in [6.07, 6.45) is 1.71. The first-order valence-corrected chi connectivity index (χ1v) is 9.77. The van der Waals surface area contributed by atoms with Crippen LogP contribution in [0.5, 0.6) is 0 Å². The van der Waals surface area contributed by atoms with Gasteiger partial charge in [-0.15, -0.1) is 11.3 Å². The molecule has 0 atom stereocenters. The number of hydrogen-bond acceptors (Lipinski definition) is 4. The second-order valence-corrected chi connectivity index (χ2v) is 8.91. The summed E-state index contributed by atoms with van der Waals surface area (Å²) in [4.78, 5) is 13.9. The highest BCUT2D eigenvalue weighted by Gasteiger charge is 2.46. The molecule has 122 valence electrons. The van der Waals surface area contributed by atoms with Crippen LogP contribution in [0.15, 0.2) is 21.7 Å². The summed E-state index contributed by atoms with van der Waals surface area (Å²) in [6.45, 7) is 1.33. The van der Waals surface area contributed by atoms with Crippen molar-refractivity contribution in [2.75, 3.05) is 26.2 Å². The van der Waals surface area contributed by atoms with E-state index in [-0.39, 0.29) is 30.1 Å². The number of carbonyl (C=O) groups excluding carboxylic acids is 1. The summed E-state index contributed by atoms with van der Waals surface area (Å²) >= 11 is 1.15. The molecule has 0 aromatic carbocycles. The molecule has 1 aromatic heterocycles. The van der Waals surface area contributed by atoms with Crippen LogP contribution >= 0.6 is 11.3 Å². The fourth-order valence-electron chi connectivity index (χ4n) is 3.04. The lowest BCUT2D eigenvalue weighted by molar-refractivity contribution is -0.145. The van der Waals surface area contributed by atoms with Crippen LogP contribution in [0.25, 0.3) is 0 Å². The molecule has 1 aromatic rings. The van der Waals surface area contributed by atoms with Crippen LogP contribution in [-0.4, -0.2) is 55.4 Å². The van der Waals surface area contributed by atoms with Gasteiger partial charge in [0.05, 0.1) is 0 Å². The van der Waals surface area contributed by atoms with Crippen LogP contribution in [0.2, 0.25) is 0 Å². The van der Waals surface area contributed by atoms with E-state index in [0.717, 1.165) is 24.2 Å². The lowest BCUT2D eigenvalue weighted by Crippen LogP contribution is -2.52. The van der Waals surface area contributed by atoms with E-state index < -0.39 is 21.6 Å². The monoisotopic (exact) mass is 346 g/mol. The van der Waals surface area contributed by atoms with Gasteiger partial charge in [-0.3, -0.25) is 4.79 Å². The third-order valence-corrected chi connectivity index (χ3v) is 7.65. The highest BCUT2D eigenvalue weighted by molar-refractivity contribution is 7.91. The Labute approximate surface area is 133 Å². The van der Waals surface area contributed by atoms with Gasteiger partial charge >= 0.3 is 0 Å². The maximum atomic E-state index is 14.9. The molecule has 2 aliphatic rings. The van der Waals surface area contributed by atoms with E-state index in [2.05, 4.69) is 0 Å². The van der Waals surface area contributed by atoms with E-state index in [9.17, 15) is 17.6 Å². The van der Waals surface area contributed by atoms with Gasteiger partial charge in [0.2, 0.25) is 0 Å². The van der Waals surface area contributed by atoms with Crippen molar-refractivity contribution < 1.29 is 17.6 Å². The largest absolute Gasteiger partial charge is 0.340 e. The predicted octanol–water partition coefficient (Wildman–Crippen LogP) is 1.86. The van der Waals surface area contributed by atoms with Crippen LogP contribution in [0.4, 0.5) is 4.39 Å². The van der Waals surface area contributed by atoms with E-state index in [1.54, 1.807) is 22.4 Å². The molecule has 22 heavy (non-hydrogen) atoms. The molecule has 5 nitrogen and oxygen atoms in total. The van der Waals surface area contributed by atoms with Gasteiger partial charge in [0.15, 0.2) is 5.67 Å². The second-order valence-electron chi connectivity index (χ2n) is 5.80. The lowest BCUT2D eigenvalue weighted by atomic mass is 9.93. The molecule has 0 radical (unpaired) electrons. The van der Waals surface area contributed by atoms with Crippen molar-refractivity contribution in [3.05, 3.63) is 17.5 Å². The third kappa shape index (κ3) is 2.79. The van der Waals surface area contributed by atoms with E-state index in [1.165, 1.54) is 4.31 Å². The van der Waals surface area contributed by atoms with Crippen LogP contribution in [0.3, 0.4) is 0 Å². The number of rotatable bonds is 3. The van der Waals surface area contributed by atoms with Crippen molar-refractivity contribution in [2.24, 2.45) is 0 Å². The zero-order valence-electron chi connectivity index (χ0n) is 12.2. The second kappa shape index (κ2) is 5.90. The molecule has 3 heterocycles. The number of hydrogen-bond donors (Lipinski definition) is 0. The smallest absolute Gasteiger partial charge is 0.260 e. The number of halogens is 1. The summed E-state index contributed by atoms with van der Waals surface area (Å²) in [5, 5.41) is 1.70. The molecule has 2 saturated heterocycles. The maximum Gasteiger partial charge on any atom is 0.260 e. The van der Waals surface area contributed by atoms with Gasteiger partial charge in [-0.05, 0) is 24.3 Å². The van der Waals surface area contributed by atoms with Gasteiger partial charge in [0, 0.05) is 39.0 Å². The molecule has 3 rings (SSSR count). The molecule has 2 fully saturated rings. The Morgan fingerprint density at radius 2 is 1.82 bits per heavy atom. The minimum absolute atomic E-state index is 0.0519. The fourth-order valence-corrected chi connectivity index (χ4v) is 5.62. The van der Waals surface area contributed by atoms with Crippen LogP contribution < -0.4 is 0 Å². The van der Waals surface area contributed by atoms with Gasteiger partial charge in [0.25, 0.3) is 15.9 Å². The van der Waals surface area contributed by atoms with Gasteiger partial charge in [-0.1, -0.05) is 6.07 Å². The molecule has 8 heteroatoms. The maximum absolute atomic E-state index is 14.9. The molecule has 1 amide bonds. The fraction of sp³-hybridized carbons (Fsp3) is 0.643. The topological polar surface area (TPSA) is 57.7 Å². The molecule has 2 aliphatic heterocycles. The average Bonchev–Trinajstić information content (AvgIpc) is 3.20. The standard InChI is InChI=1S/C14H19FN2O3S2/c15-14(13(18)16-7-1-2-8-16)5-9-17(10-6-14)22(19,20)12-4-3-11-21-12/h3-4,11H,1-2,5-10H2. The summed E-state index contributed by atoms with van der Waals surface area (Å²) in [6, 6.07) is 3.23. The van der Waals surface area contributed by atoms with Crippen molar-refractivity contribution in [1.29, 1.82) is 0 Å². The molecule has 0 saturated carbocycles. The first kappa shape index (κ1) is 15.9. The number of likely N-dealkylation sites (tertiary alicyclic amines) is 1. The first-order valence-electron chi connectivity index (χ1n) is 7.45. The number of thiophene rings is 1. The number of sulfonamides is 1. The molecule has 0 aliphatic carbocycles. The highest BCUT2D eigenvalue weighted by Crippen LogP contribution is 2.33. The summed E-state index contributed by atoms with van der Waals surface area (Å²) < 4.78 is 41.3. The zero-order chi connectivity index (χ0) is 15.8. The Hall–Kier alpha value is -0.990. The van der Waals surface area contributed by atoms with Crippen molar-refractivity contribution >= 4 is 27.3 Å². The van der Waals surface area contributed by atoms with E-state index in [1.807, 2.05) is 0 Å². The minimum atomic E-state index is -3.55. The van der Waals surface area contributed by atoms with Crippen LogP contribution in [0.1, 0.15) is 25.7 Å². The number of alkyl halides is 1. The Morgan fingerprint density at radius 3 is 2.36 bits per heavy atom. The van der Waals surface area contributed by atoms with Gasteiger partial charge in [-0.2, -0.15) is 4.31 Å². The Kier molecular flexibility index (Phi) is 4.26. The minimum Gasteiger partial charge on any atom is -0.340 e. The Bertz CT molecular complexity index is 631.